The van der Waals surface area contributed by atoms with E-state index in [-0.39, 0.29) is 11.3 Å². The Hall–Kier alpha value is -3.68. The smallest absolute Gasteiger partial charge is 0.267 e. The predicted molar refractivity (Wildman–Crippen MR) is 87.7 cm³/mol. The van der Waals surface area contributed by atoms with Gasteiger partial charge >= 0.3 is 0 Å². The van der Waals surface area contributed by atoms with E-state index >= 15 is 0 Å². The maximum Gasteiger partial charge on any atom is 0.271 e. The summed E-state index contributed by atoms with van der Waals surface area (Å²) in [6.45, 7) is 0. The fraction of sp³-hybridized carbons (Fsp3) is 0. The van der Waals surface area contributed by atoms with Gasteiger partial charge in [0.25, 0.3) is 11.6 Å². The van der Waals surface area contributed by atoms with Gasteiger partial charge in [-0.1, -0.05) is 12.1 Å². The number of carbonyl (C=O) groups is 1. The molecular formula is C16H11N5O3. The summed E-state index contributed by atoms with van der Waals surface area (Å²) in [7, 11) is 0. The second kappa shape index (κ2) is 6.61. The van der Waals surface area contributed by atoms with Crippen LogP contribution in [0, 0.1) is 10.1 Å². The van der Waals surface area contributed by atoms with E-state index in [1.165, 1.54) is 30.5 Å². The van der Waals surface area contributed by atoms with Crippen LogP contribution in [0.1, 0.15) is 16.1 Å². The van der Waals surface area contributed by atoms with Crippen molar-refractivity contribution >= 4 is 28.8 Å². The van der Waals surface area contributed by atoms with Crippen molar-refractivity contribution in [1.82, 2.24) is 15.4 Å². The van der Waals surface area contributed by atoms with Gasteiger partial charge in [0.1, 0.15) is 5.69 Å². The normalized spacial score (nSPS) is 10.8. The summed E-state index contributed by atoms with van der Waals surface area (Å²) in [5, 5.41) is 14.4. The molecule has 0 aliphatic carbocycles. The zero-order chi connectivity index (χ0) is 16.9. The molecule has 24 heavy (non-hydrogen) atoms. The maximum absolute atomic E-state index is 11.9. The number of para-hydroxylation sites is 2. The van der Waals surface area contributed by atoms with Crippen LogP contribution in [0.3, 0.4) is 0 Å². The topological polar surface area (TPSA) is 110 Å². The van der Waals surface area contributed by atoms with E-state index in [0.29, 0.717) is 5.69 Å². The Morgan fingerprint density at radius 2 is 1.83 bits per heavy atom. The zero-order valence-corrected chi connectivity index (χ0v) is 12.3. The van der Waals surface area contributed by atoms with Gasteiger partial charge in [0.15, 0.2) is 0 Å². The SMILES string of the molecule is O=C(N/N=C\c1cnc2ccccc2n1)c1ccc([N+](=O)[O-])cc1. The van der Waals surface area contributed by atoms with Gasteiger partial charge in [-0.05, 0) is 24.3 Å². The fourth-order valence-electron chi connectivity index (χ4n) is 1.99. The summed E-state index contributed by atoms with van der Waals surface area (Å²) in [5.74, 6) is -0.477. The molecule has 1 N–H and O–H groups in total. The Balaban J connectivity index is 1.68. The summed E-state index contributed by atoms with van der Waals surface area (Å²) in [5.41, 5.74) is 4.51. The molecule has 0 saturated heterocycles. The van der Waals surface area contributed by atoms with E-state index in [0.717, 1.165) is 11.0 Å². The number of benzene rings is 2. The van der Waals surface area contributed by atoms with Gasteiger partial charge in [-0.3, -0.25) is 19.9 Å². The zero-order valence-electron chi connectivity index (χ0n) is 12.3. The van der Waals surface area contributed by atoms with E-state index in [2.05, 4.69) is 20.5 Å². The minimum Gasteiger partial charge on any atom is -0.267 e. The summed E-state index contributed by atoms with van der Waals surface area (Å²) in [6.07, 6.45) is 2.92. The number of nitrogens with zero attached hydrogens (tertiary/aromatic N) is 4. The second-order valence-corrected chi connectivity index (χ2v) is 4.79. The van der Waals surface area contributed by atoms with Crippen molar-refractivity contribution in [3.63, 3.8) is 0 Å². The first kappa shape index (κ1) is 15.2. The molecule has 1 amide bonds. The third kappa shape index (κ3) is 3.38. The molecule has 1 aromatic heterocycles. The number of fused-ring (bicyclic) bond motifs is 1. The van der Waals surface area contributed by atoms with Crippen molar-refractivity contribution in [2.75, 3.05) is 0 Å². The number of hydrogen-bond acceptors (Lipinski definition) is 6. The molecule has 0 bridgehead atoms. The van der Waals surface area contributed by atoms with E-state index < -0.39 is 10.8 Å². The molecule has 1 heterocycles. The van der Waals surface area contributed by atoms with Crippen molar-refractivity contribution in [3.8, 4) is 0 Å². The highest BCUT2D eigenvalue weighted by atomic mass is 16.6. The van der Waals surface area contributed by atoms with Crippen LogP contribution in [0.15, 0.2) is 59.8 Å². The third-order valence-corrected chi connectivity index (χ3v) is 3.17. The van der Waals surface area contributed by atoms with Gasteiger partial charge in [-0.15, -0.1) is 0 Å². The average Bonchev–Trinajstić information content (AvgIpc) is 2.61. The number of nitrogens with one attached hydrogen (secondary N) is 1. The van der Waals surface area contributed by atoms with E-state index in [1.54, 1.807) is 6.20 Å². The largest absolute Gasteiger partial charge is 0.271 e. The van der Waals surface area contributed by atoms with Gasteiger partial charge in [0.2, 0.25) is 0 Å². The summed E-state index contributed by atoms with van der Waals surface area (Å²) in [6, 6.07) is 12.6. The number of hydrogen-bond donors (Lipinski definition) is 1. The van der Waals surface area contributed by atoms with Gasteiger partial charge < -0.3 is 0 Å². The molecular weight excluding hydrogens is 310 g/mol. The number of nitro benzene ring substituents is 1. The highest BCUT2D eigenvalue weighted by Gasteiger charge is 2.08. The van der Waals surface area contributed by atoms with Crippen molar-refractivity contribution in [1.29, 1.82) is 0 Å². The number of nitro groups is 1. The van der Waals surface area contributed by atoms with Crippen molar-refractivity contribution in [3.05, 3.63) is 76.1 Å². The fourth-order valence-corrected chi connectivity index (χ4v) is 1.99. The quantitative estimate of drug-likeness (QED) is 0.450. The molecule has 8 nitrogen and oxygen atoms in total. The van der Waals surface area contributed by atoms with Crippen LogP contribution in [0.25, 0.3) is 11.0 Å². The molecule has 0 spiro atoms. The monoisotopic (exact) mass is 321 g/mol. The highest BCUT2D eigenvalue weighted by Crippen LogP contribution is 2.11. The summed E-state index contributed by atoms with van der Waals surface area (Å²) >= 11 is 0. The lowest BCUT2D eigenvalue weighted by molar-refractivity contribution is -0.384. The van der Waals surface area contributed by atoms with Gasteiger partial charge in [0.05, 0.1) is 28.4 Å². The standard InChI is InChI=1S/C16H11N5O3/c22-16(11-5-7-13(8-6-11)21(23)24)20-18-10-12-9-17-14-3-1-2-4-15(14)19-12/h1-10H,(H,20,22)/b18-10-. The highest BCUT2D eigenvalue weighted by molar-refractivity contribution is 5.95. The van der Waals surface area contributed by atoms with E-state index in [1.807, 2.05) is 24.3 Å². The molecule has 118 valence electrons. The van der Waals surface area contributed by atoms with E-state index in [4.69, 9.17) is 0 Å². The first-order valence-electron chi connectivity index (χ1n) is 6.93. The van der Waals surface area contributed by atoms with Crippen molar-refractivity contribution < 1.29 is 9.72 Å². The number of non-ortho nitro benzene ring substituents is 1. The predicted octanol–water partition coefficient (Wildman–Crippen LogP) is 2.30. The van der Waals surface area contributed by atoms with Crippen LogP contribution in [0.2, 0.25) is 0 Å². The van der Waals surface area contributed by atoms with Crippen LogP contribution in [0.5, 0.6) is 0 Å². The molecule has 0 radical (unpaired) electrons. The number of amides is 1. The number of aromatic nitrogens is 2. The Morgan fingerprint density at radius 1 is 1.12 bits per heavy atom. The lowest BCUT2D eigenvalue weighted by atomic mass is 10.2. The van der Waals surface area contributed by atoms with Crippen molar-refractivity contribution in [2.24, 2.45) is 5.10 Å². The maximum atomic E-state index is 11.9. The van der Waals surface area contributed by atoms with Crippen molar-refractivity contribution in [2.45, 2.75) is 0 Å². The Labute approximate surface area is 136 Å². The van der Waals surface area contributed by atoms with Crippen LogP contribution >= 0.6 is 0 Å². The summed E-state index contributed by atoms with van der Waals surface area (Å²) < 4.78 is 0. The molecule has 0 unspecified atom stereocenters. The average molecular weight is 321 g/mol. The Morgan fingerprint density at radius 3 is 2.54 bits per heavy atom. The minimum atomic E-state index is -0.530. The van der Waals surface area contributed by atoms with Crippen LogP contribution in [0.4, 0.5) is 5.69 Å². The molecule has 3 aromatic rings. The van der Waals surface area contributed by atoms with Gasteiger partial charge in [0, 0.05) is 17.7 Å². The third-order valence-electron chi connectivity index (χ3n) is 3.17. The number of hydrazone groups is 1. The molecule has 0 aliphatic rings. The molecule has 0 saturated carbocycles. The minimum absolute atomic E-state index is 0.0820. The first-order chi connectivity index (χ1) is 11.6. The Kier molecular flexibility index (Phi) is 4.19. The molecule has 0 atom stereocenters. The molecule has 0 fully saturated rings. The van der Waals surface area contributed by atoms with Crippen LogP contribution in [-0.2, 0) is 0 Å². The first-order valence-corrected chi connectivity index (χ1v) is 6.93. The second-order valence-electron chi connectivity index (χ2n) is 4.79. The molecule has 3 rings (SSSR count). The Bertz CT molecular complexity index is 938. The lowest BCUT2D eigenvalue weighted by Gasteiger charge is -2.00. The number of rotatable bonds is 4. The molecule has 0 aliphatic heterocycles. The van der Waals surface area contributed by atoms with E-state index in [9.17, 15) is 14.9 Å². The summed E-state index contributed by atoms with van der Waals surface area (Å²) in [4.78, 5) is 30.5. The van der Waals surface area contributed by atoms with Crippen LogP contribution < -0.4 is 5.43 Å². The molecule has 8 heteroatoms. The van der Waals surface area contributed by atoms with Gasteiger partial charge in [-0.2, -0.15) is 5.10 Å². The molecule has 2 aromatic carbocycles. The van der Waals surface area contributed by atoms with Crippen LogP contribution in [-0.4, -0.2) is 27.0 Å². The van der Waals surface area contributed by atoms with Gasteiger partial charge in [-0.25, -0.2) is 10.4 Å². The number of carbonyl (C=O) groups excluding carboxylic acids is 1. The lowest BCUT2D eigenvalue weighted by Crippen LogP contribution is -2.17.